The molecular weight excluding hydrogens is 268 g/mol. The maximum absolute atomic E-state index is 12.4. The van der Waals surface area contributed by atoms with E-state index in [0.29, 0.717) is 4.31 Å². The Bertz CT molecular complexity index is 482. The lowest BCUT2D eigenvalue weighted by Gasteiger charge is -2.20. The van der Waals surface area contributed by atoms with Crippen LogP contribution in [0.3, 0.4) is 0 Å². The molecule has 1 heterocycles. The predicted molar refractivity (Wildman–Crippen MR) is 59.9 cm³/mol. The third kappa shape index (κ3) is 3.03. The van der Waals surface area contributed by atoms with Gasteiger partial charge in [0, 0.05) is 6.54 Å². The third-order valence-electron chi connectivity index (χ3n) is 2.35. The number of H-pyrrole nitrogens is 1. The largest absolute Gasteiger partial charge is 0.395 e. The van der Waals surface area contributed by atoms with Gasteiger partial charge in [-0.15, -0.1) is 0 Å². The maximum atomic E-state index is 12.4. The first kappa shape index (κ1) is 15.0. The molecule has 0 aliphatic heterocycles. The molecule has 9 heteroatoms. The van der Waals surface area contributed by atoms with Crippen molar-refractivity contribution in [2.24, 2.45) is 0 Å². The fourth-order valence-corrected chi connectivity index (χ4v) is 3.37. The molecule has 1 rings (SSSR count). The average molecular weight is 283 g/mol. The van der Waals surface area contributed by atoms with Crippen LogP contribution in [0.4, 0.5) is 8.78 Å². The van der Waals surface area contributed by atoms with E-state index in [-0.39, 0.29) is 22.8 Å². The SMILES string of the molecule is Cc1n[nH]c(C)c1S(=O)(=O)N(CCO)CC(F)F. The smallest absolute Gasteiger partial charge is 0.252 e. The second-order valence-corrected chi connectivity index (χ2v) is 5.62. The fourth-order valence-electron chi connectivity index (χ4n) is 1.62. The van der Waals surface area contributed by atoms with Gasteiger partial charge in [0.1, 0.15) is 4.90 Å². The van der Waals surface area contributed by atoms with Crippen LogP contribution in [0.5, 0.6) is 0 Å². The molecule has 0 saturated carbocycles. The van der Waals surface area contributed by atoms with E-state index in [1.54, 1.807) is 0 Å². The van der Waals surface area contributed by atoms with Crippen LogP contribution >= 0.6 is 0 Å². The second-order valence-electron chi connectivity index (χ2n) is 3.74. The first-order chi connectivity index (χ1) is 8.30. The Morgan fingerprint density at radius 1 is 1.44 bits per heavy atom. The third-order valence-corrected chi connectivity index (χ3v) is 4.48. The zero-order valence-corrected chi connectivity index (χ0v) is 10.8. The van der Waals surface area contributed by atoms with Gasteiger partial charge in [0.2, 0.25) is 10.0 Å². The number of hydrogen-bond acceptors (Lipinski definition) is 4. The van der Waals surface area contributed by atoms with Gasteiger partial charge in [-0.1, -0.05) is 0 Å². The van der Waals surface area contributed by atoms with Gasteiger partial charge in [0.15, 0.2) is 0 Å². The van der Waals surface area contributed by atoms with Gasteiger partial charge < -0.3 is 5.11 Å². The highest BCUT2D eigenvalue weighted by Crippen LogP contribution is 2.22. The van der Waals surface area contributed by atoms with Crippen LogP contribution in [0.15, 0.2) is 4.90 Å². The Morgan fingerprint density at radius 3 is 2.44 bits per heavy atom. The molecule has 0 amide bonds. The molecule has 104 valence electrons. The molecule has 0 spiro atoms. The molecular formula is C9H15F2N3O3S. The molecule has 0 bridgehead atoms. The van der Waals surface area contributed by atoms with Crippen molar-refractivity contribution in [3.63, 3.8) is 0 Å². The van der Waals surface area contributed by atoms with E-state index in [9.17, 15) is 17.2 Å². The number of aliphatic hydroxyl groups is 1. The van der Waals surface area contributed by atoms with Crippen LogP contribution in [-0.2, 0) is 10.0 Å². The summed E-state index contributed by atoms with van der Waals surface area (Å²) in [6.07, 6.45) is -2.81. The molecule has 0 aliphatic carbocycles. The number of nitrogens with one attached hydrogen (secondary N) is 1. The van der Waals surface area contributed by atoms with Gasteiger partial charge in [-0.3, -0.25) is 5.10 Å². The predicted octanol–water partition coefficient (Wildman–Crippen LogP) is 0.275. The van der Waals surface area contributed by atoms with E-state index in [4.69, 9.17) is 5.11 Å². The maximum Gasteiger partial charge on any atom is 0.252 e. The van der Waals surface area contributed by atoms with Gasteiger partial charge in [0.05, 0.1) is 24.5 Å². The minimum Gasteiger partial charge on any atom is -0.395 e. The number of aromatic nitrogens is 2. The highest BCUT2D eigenvalue weighted by atomic mass is 32.2. The number of rotatable bonds is 6. The van der Waals surface area contributed by atoms with E-state index in [2.05, 4.69) is 10.2 Å². The van der Waals surface area contributed by atoms with Crippen molar-refractivity contribution < 1.29 is 22.3 Å². The fraction of sp³-hybridized carbons (Fsp3) is 0.667. The Labute approximate surface area is 104 Å². The van der Waals surface area contributed by atoms with E-state index in [0.717, 1.165) is 0 Å². The second kappa shape index (κ2) is 5.72. The minimum atomic E-state index is -4.08. The molecule has 0 saturated heterocycles. The molecule has 1 aromatic heterocycles. The van der Waals surface area contributed by atoms with Crippen LogP contribution in [0, 0.1) is 13.8 Å². The summed E-state index contributed by atoms with van der Waals surface area (Å²) in [5.41, 5.74) is 0.495. The van der Waals surface area contributed by atoms with E-state index >= 15 is 0 Å². The number of hydrogen-bond donors (Lipinski definition) is 2. The van der Waals surface area contributed by atoms with Crippen LogP contribution in [0.25, 0.3) is 0 Å². The number of aliphatic hydroxyl groups excluding tert-OH is 1. The Hall–Kier alpha value is -1.06. The van der Waals surface area contributed by atoms with Crippen molar-refractivity contribution in [1.82, 2.24) is 14.5 Å². The molecule has 0 aliphatic rings. The lowest BCUT2D eigenvalue weighted by molar-refractivity contribution is 0.113. The van der Waals surface area contributed by atoms with Crippen molar-refractivity contribution in [2.75, 3.05) is 19.7 Å². The molecule has 0 aromatic carbocycles. The van der Waals surface area contributed by atoms with Gasteiger partial charge in [-0.05, 0) is 13.8 Å². The first-order valence-electron chi connectivity index (χ1n) is 5.21. The van der Waals surface area contributed by atoms with Gasteiger partial charge in [0.25, 0.3) is 6.43 Å². The molecule has 0 fully saturated rings. The average Bonchev–Trinajstić information content (AvgIpc) is 2.57. The number of nitrogens with zero attached hydrogens (tertiary/aromatic N) is 2. The molecule has 2 N–H and O–H groups in total. The minimum absolute atomic E-state index is 0.114. The number of aromatic amines is 1. The summed E-state index contributed by atoms with van der Waals surface area (Å²) in [5, 5.41) is 15.0. The molecule has 0 atom stereocenters. The van der Waals surface area contributed by atoms with Crippen molar-refractivity contribution in [2.45, 2.75) is 25.2 Å². The molecule has 0 radical (unpaired) electrons. The van der Waals surface area contributed by atoms with Crippen LogP contribution < -0.4 is 0 Å². The van der Waals surface area contributed by atoms with Crippen molar-refractivity contribution >= 4 is 10.0 Å². The Balaban J connectivity index is 3.17. The molecule has 1 aromatic rings. The number of sulfonamides is 1. The normalized spacial score (nSPS) is 12.6. The Morgan fingerprint density at radius 2 is 2.06 bits per heavy atom. The lowest BCUT2D eigenvalue weighted by Crippen LogP contribution is -2.37. The number of halogens is 2. The quantitative estimate of drug-likeness (QED) is 0.785. The first-order valence-corrected chi connectivity index (χ1v) is 6.65. The van der Waals surface area contributed by atoms with Crippen molar-refractivity contribution in [1.29, 1.82) is 0 Å². The molecule has 6 nitrogen and oxygen atoms in total. The summed E-state index contributed by atoms with van der Waals surface area (Å²) in [5.74, 6) is 0. The zero-order chi connectivity index (χ0) is 13.9. The summed E-state index contributed by atoms with van der Waals surface area (Å²) in [6, 6.07) is 0. The lowest BCUT2D eigenvalue weighted by atomic mass is 10.4. The van der Waals surface area contributed by atoms with Gasteiger partial charge in [-0.25, -0.2) is 17.2 Å². The number of alkyl halides is 2. The summed E-state index contributed by atoms with van der Waals surface area (Å²) >= 11 is 0. The Kier molecular flexibility index (Phi) is 4.77. The molecule has 18 heavy (non-hydrogen) atoms. The summed E-state index contributed by atoms with van der Waals surface area (Å²) in [4.78, 5) is -0.114. The van der Waals surface area contributed by atoms with E-state index in [1.807, 2.05) is 0 Å². The summed E-state index contributed by atoms with van der Waals surface area (Å²) < 4.78 is 49.7. The number of aryl methyl sites for hydroxylation is 2. The van der Waals surface area contributed by atoms with E-state index in [1.165, 1.54) is 13.8 Å². The van der Waals surface area contributed by atoms with Crippen molar-refractivity contribution in [3.05, 3.63) is 11.4 Å². The monoisotopic (exact) mass is 283 g/mol. The van der Waals surface area contributed by atoms with Crippen molar-refractivity contribution in [3.8, 4) is 0 Å². The zero-order valence-electron chi connectivity index (χ0n) is 10.0. The summed E-state index contributed by atoms with van der Waals surface area (Å²) in [7, 11) is -4.08. The van der Waals surface area contributed by atoms with Gasteiger partial charge >= 0.3 is 0 Å². The summed E-state index contributed by atoms with van der Waals surface area (Å²) in [6.45, 7) is 1.11. The van der Waals surface area contributed by atoms with E-state index < -0.39 is 29.6 Å². The van der Waals surface area contributed by atoms with Crippen LogP contribution in [0.1, 0.15) is 11.4 Å². The van der Waals surface area contributed by atoms with Crippen LogP contribution in [0.2, 0.25) is 0 Å². The van der Waals surface area contributed by atoms with Gasteiger partial charge in [-0.2, -0.15) is 9.40 Å². The standard InChI is InChI=1S/C9H15F2N3O3S/c1-6-9(7(2)13-12-6)18(16,17)14(3-4-15)5-8(10)11/h8,15H,3-5H2,1-2H3,(H,12,13). The molecule has 0 unspecified atom stereocenters. The van der Waals surface area contributed by atoms with Crippen LogP contribution in [-0.4, -0.2) is 54.1 Å². The topological polar surface area (TPSA) is 86.3 Å². The highest BCUT2D eigenvalue weighted by molar-refractivity contribution is 7.89. The highest BCUT2D eigenvalue weighted by Gasteiger charge is 2.31.